The maximum absolute atomic E-state index is 10.7. The summed E-state index contributed by atoms with van der Waals surface area (Å²) in [4.78, 5) is 40.4. The van der Waals surface area contributed by atoms with Gasteiger partial charge in [0, 0.05) is 12.8 Å². The molecule has 18 heavy (non-hydrogen) atoms. The second-order valence-corrected chi connectivity index (χ2v) is 3.38. The third-order valence-corrected chi connectivity index (χ3v) is 1.85. The van der Waals surface area contributed by atoms with E-state index in [1.165, 1.54) is 24.3 Å². The van der Waals surface area contributed by atoms with E-state index in [4.69, 9.17) is 0 Å². The third kappa shape index (κ3) is 16.6. The molecule has 0 aliphatic rings. The van der Waals surface area contributed by atoms with E-state index in [-0.39, 0.29) is 11.6 Å². The van der Waals surface area contributed by atoms with Gasteiger partial charge in [-0.25, -0.2) is 0 Å². The highest BCUT2D eigenvalue weighted by Gasteiger charge is 1.92. The van der Waals surface area contributed by atoms with Crippen molar-refractivity contribution in [3.63, 3.8) is 0 Å². The largest absolute Gasteiger partial charge is 0.299 e. The number of aldehydes is 2. The molecule has 0 aromatic rings. The van der Waals surface area contributed by atoms with Gasteiger partial charge in [-0.2, -0.15) is 0 Å². The number of rotatable bonds is 8. The van der Waals surface area contributed by atoms with E-state index in [0.29, 0.717) is 25.4 Å². The molecule has 0 N–H and O–H groups in total. The van der Waals surface area contributed by atoms with E-state index in [2.05, 4.69) is 0 Å². The first-order valence-electron chi connectivity index (χ1n) is 5.91. The van der Waals surface area contributed by atoms with Crippen LogP contribution >= 0.6 is 0 Å². The topological polar surface area (TPSA) is 68.3 Å². The molecule has 0 aliphatic heterocycles. The highest BCUT2D eigenvalue weighted by atomic mass is 16.1. The Labute approximate surface area is 108 Å². The van der Waals surface area contributed by atoms with Crippen molar-refractivity contribution in [1.29, 1.82) is 0 Å². The van der Waals surface area contributed by atoms with E-state index in [1.807, 2.05) is 6.92 Å². The predicted octanol–water partition coefficient (Wildman–Crippen LogP) is 2.22. The van der Waals surface area contributed by atoms with E-state index >= 15 is 0 Å². The third-order valence-electron chi connectivity index (χ3n) is 1.85. The number of carbonyl (C=O) groups is 4. The van der Waals surface area contributed by atoms with Crippen LogP contribution in [-0.2, 0) is 19.2 Å². The van der Waals surface area contributed by atoms with Gasteiger partial charge in [-0.05, 0) is 30.7 Å². The van der Waals surface area contributed by atoms with Gasteiger partial charge in [-0.15, -0.1) is 0 Å². The number of carbonyl (C=O) groups excluding carboxylic acids is 4. The Balaban J connectivity index is 0. The minimum Gasteiger partial charge on any atom is -0.299 e. The first-order chi connectivity index (χ1) is 8.62. The summed E-state index contributed by atoms with van der Waals surface area (Å²) < 4.78 is 0. The fourth-order valence-electron chi connectivity index (χ4n) is 0.845. The predicted molar refractivity (Wildman–Crippen MR) is 70.2 cm³/mol. The molecule has 0 amide bonds. The van der Waals surface area contributed by atoms with Crippen molar-refractivity contribution in [2.24, 2.45) is 0 Å². The van der Waals surface area contributed by atoms with Crippen LogP contribution < -0.4 is 0 Å². The normalized spacial score (nSPS) is 9.89. The highest BCUT2D eigenvalue weighted by Crippen LogP contribution is 1.95. The van der Waals surface area contributed by atoms with Gasteiger partial charge < -0.3 is 0 Å². The molecule has 4 nitrogen and oxygen atoms in total. The van der Waals surface area contributed by atoms with Crippen LogP contribution in [0.4, 0.5) is 0 Å². The lowest BCUT2D eigenvalue weighted by Crippen LogP contribution is -1.90. The molecule has 4 heteroatoms. The molecular formula is C14H20O4. The van der Waals surface area contributed by atoms with Crippen molar-refractivity contribution >= 4 is 24.1 Å². The molecule has 0 radical (unpaired) electrons. The van der Waals surface area contributed by atoms with E-state index in [1.54, 1.807) is 6.92 Å². The number of allylic oxidation sites excluding steroid dienone is 4. The molecule has 0 atom stereocenters. The molecule has 0 unspecified atom stereocenters. The van der Waals surface area contributed by atoms with Crippen LogP contribution in [0.15, 0.2) is 24.3 Å². The SMILES string of the molecule is CCC(=O)/C=C/C=O.CCCCC(=O)/C=C/C=O. The van der Waals surface area contributed by atoms with E-state index < -0.39 is 0 Å². The molecule has 0 aromatic heterocycles. The van der Waals surface area contributed by atoms with Gasteiger partial charge in [-0.1, -0.05) is 20.3 Å². The summed E-state index contributed by atoms with van der Waals surface area (Å²) in [7, 11) is 0. The van der Waals surface area contributed by atoms with Crippen LogP contribution in [0.25, 0.3) is 0 Å². The second kappa shape index (κ2) is 15.2. The van der Waals surface area contributed by atoms with Crippen LogP contribution in [0.2, 0.25) is 0 Å². The van der Waals surface area contributed by atoms with Crippen LogP contribution in [-0.4, -0.2) is 24.1 Å². The molecule has 0 bridgehead atoms. The Morgan fingerprint density at radius 3 is 1.78 bits per heavy atom. The summed E-state index contributed by atoms with van der Waals surface area (Å²) >= 11 is 0. The summed E-state index contributed by atoms with van der Waals surface area (Å²) in [5.74, 6) is 0.0195. The zero-order valence-electron chi connectivity index (χ0n) is 10.9. The Hall–Kier alpha value is -1.84. The Bertz CT molecular complexity index is 314. The first kappa shape index (κ1) is 18.5. The average molecular weight is 252 g/mol. The van der Waals surface area contributed by atoms with E-state index in [9.17, 15) is 19.2 Å². The quantitative estimate of drug-likeness (QED) is 0.490. The molecule has 0 rings (SSSR count). The lowest BCUT2D eigenvalue weighted by atomic mass is 10.2. The highest BCUT2D eigenvalue weighted by molar-refractivity contribution is 5.92. The summed E-state index contributed by atoms with van der Waals surface area (Å²) in [6, 6.07) is 0. The molecule has 0 saturated heterocycles. The van der Waals surface area contributed by atoms with Gasteiger partial charge in [0.25, 0.3) is 0 Å². The maximum Gasteiger partial charge on any atom is 0.155 e. The average Bonchev–Trinajstić information content (AvgIpc) is 2.40. The molecule has 0 fully saturated rings. The summed E-state index contributed by atoms with van der Waals surface area (Å²) in [6.07, 6.45) is 9.17. The van der Waals surface area contributed by atoms with Gasteiger partial charge in [0.2, 0.25) is 0 Å². The number of unbranched alkanes of at least 4 members (excludes halogenated alkanes) is 1. The lowest BCUT2D eigenvalue weighted by Gasteiger charge is -1.88. The molecule has 0 spiro atoms. The van der Waals surface area contributed by atoms with E-state index in [0.717, 1.165) is 12.8 Å². The molecular weight excluding hydrogens is 232 g/mol. The van der Waals surface area contributed by atoms with Gasteiger partial charge in [0.15, 0.2) is 11.6 Å². The van der Waals surface area contributed by atoms with Crippen molar-refractivity contribution in [1.82, 2.24) is 0 Å². The molecule has 100 valence electrons. The van der Waals surface area contributed by atoms with Gasteiger partial charge in [0.05, 0.1) is 0 Å². The van der Waals surface area contributed by atoms with Gasteiger partial charge in [-0.3, -0.25) is 19.2 Å². The van der Waals surface area contributed by atoms with Crippen LogP contribution in [0.1, 0.15) is 39.5 Å². The zero-order valence-corrected chi connectivity index (χ0v) is 10.9. The fourth-order valence-corrected chi connectivity index (χ4v) is 0.845. The second-order valence-electron chi connectivity index (χ2n) is 3.38. The number of ketones is 2. The number of hydrogen-bond donors (Lipinski definition) is 0. The lowest BCUT2D eigenvalue weighted by molar-refractivity contribution is -0.115. The van der Waals surface area contributed by atoms with Crippen molar-refractivity contribution in [2.45, 2.75) is 39.5 Å². The fraction of sp³-hybridized carbons (Fsp3) is 0.429. The monoisotopic (exact) mass is 252 g/mol. The summed E-state index contributed by atoms with van der Waals surface area (Å²) in [5.41, 5.74) is 0. The van der Waals surface area contributed by atoms with Crippen molar-refractivity contribution in [2.75, 3.05) is 0 Å². The number of hydrogen-bond acceptors (Lipinski definition) is 4. The Morgan fingerprint density at radius 2 is 1.39 bits per heavy atom. The van der Waals surface area contributed by atoms with Gasteiger partial charge in [0.1, 0.15) is 12.6 Å². The summed E-state index contributed by atoms with van der Waals surface area (Å²) in [6.45, 7) is 3.77. The smallest absolute Gasteiger partial charge is 0.155 e. The van der Waals surface area contributed by atoms with Crippen LogP contribution in [0.5, 0.6) is 0 Å². The van der Waals surface area contributed by atoms with Crippen LogP contribution in [0, 0.1) is 0 Å². The molecule has 0 saturated carbocycles. The first-order valence-corrected chi connectivity index (χ1v) is 5.91. The van der Waals surface area contributed by atoms with Crippen molar-refractivity contribution < 1.29 is 19.2 Å². The van der Waals surface area contributed by atoms with Crippen molar-refractivity contribution in [3.8, 4) is 0 Å². The standard InChI is InChI=1S/C8H12O2.C6H8O2/c1-2-3-5-8(10)6-4-7-9;1-2-6(8)4-3-5-7/h4,6-7H,2-3,5H2,1H3;3-5H,2H2,1H3/b6-4+;4-3+. The van der Waals surface area contributed by atoms with Crippen molar-refractivity contribution in [3.05, 3.63) is 24.3 Å². The molecule has 0 aromatic carbocycles. The minimum absolute atomic E-state index is 0.0166. The molecule has 0 aliphatic carbocycles. The Morgan fingerprint density at radius 1 is 0.889 bits per heavy atom. The minimum atomic E-state index is -0.0166. The van der Waals surface area contributed by atoms with Crippen LogP contribution in [0.3, 0.4) is 0 Å². The van der Waals surface area contributed by atoms with Gasteiger partial charge >= 0.3 is 0 Å². The maximum atomic E-state index is 10.7. The zero-order chi connectivity index (χ0) is 14.2. The molecule has 0 heterocycles. The Kier molecular flexibility index (Phi) is 15.6. The summed E-state index contributed by atoms with van der Waals surface area (Å²) in [5, 5.41) is 0.